The van der Waals surface area contributed by atoms with Crippen LogP contribution >= 0.6 is 0 Å². The minimum atomic E-state index is 0.320. The maximum Gasteiger partial charge on any atom is 0.122 e. The molecule has 0 saturated heterocycles. The number of aromatic nitrogens is 1. The van der Waals surface area contributed by atoms with Crippen molar-refractivity contribution in [3.8, 4) is 5.75 Å². The highest BCUT2D eigenvalue weighted by atomic mass is 16.5. The number of hydrogen-bond acceptors (Lipinski definition) is 3. The molecular weight excluding hydrogens is 236 g/mol. The third-order valence-electron chi connectivity index (χ3n) is 3.04. The largest absolute Gasteiger partial charge is 0.496 e. The van der Waals surface area contributed by atoms with E-state index in [1.165, 1.54) is 5.56 Å². The number of methoxy groups -OCH3 is 1. The second-order valence-corrected chi connectivity index (χ2v) is 4.75. The molecule has 19 heavy (non-hydrogen) atoms. The first-order valence-electron chi connectivity index (χ1n) is 6.50. The normalized spacial score (nSPS) is 11.9. The summed E-state index contributed by atoms with van der Waals surface area (Å²) in [5.74, 6) is 0.943. The van der Waals surface area contributed by atoms with Gasteiger partial charge in [-0.1, -0.05) is 18.2 Å². The van der Waals surface area contributed by atoms with Crippen molar-refractivity contribution in [1.29, 1.82) is 0 Å². The molecule has 1 aromatic carbocycles. The Bertz CT molecular complexity index is 523. The molecule has 1 heterocycles. The summed E-state index contributed by atoms with van der Waals surface area (Å²) in [5, 5.41) is 3.45. The van der Waals surface area contributed by atoms with Gasteiger partial charge in [0.1, 0.15) is 5.75 Å². The van der Waals surface area contributed by atoms with E-state index in [4.69, 9.17) is 4.74 Å². The molecular formula is C16H20N2O. The SMILES string of the molecule is COc1ccccc1CC(C)Nc1ccc(C)nc1. The summed E-state index contributed by atoms with van der Waals surface area (Å²) in [5.41, 5.74) is 3.29. The van der Waals surface area contributed by atoms with Gasteiger partial charge in [-0.2, -0.15) is 0 Å². The van der Waals surface area contributed by atoms with Gasteiger partial charge in [0.15, 0.2) is 0 Å². The molecule has 0 saturated carbocycles. The third kappa shape index (κ3) is 3.71. The number of benzene rings is 1. The Labute approximate surface area is 114 Å². The Hall–Kier alpha value is -2.03. The zero-order valence-corrected chi connectivity index (χ0v) is 11.7. The Morgan fingerprint density at radius 1 is 1.21 bits per heavy atom. The lowest BCUT2D eigenvalue weighted by Crippen LogP contribution is -2.18. The quantitative estimate of drug-likeness (QED) is 0.889. The number of anilines is 1. The molecule has 1 unspecified atom stereocenters. The minimum Gasteiger partial charge on any atom is -0.496 e. The van der Waals surface area contributed by atoms with E-state index in [1.807, 2.05) is 37.4 Å². The number of aryl methyl sites for hydroxylation is 1. The zero-order chi connectivity index (χ0) is 13.7. The number of para-hydroxylation sites is 1. The summed E-state index contributed by atoms with van der Waals surface area (Å²) in [7, 11) is 1.71. The summed E-state index contributed by atoms with van der Waals surface area (Å²) < 4.78 is 5.37. The Kier molecular flexibility index (Phi) is 4.39. The van der Waals surface area contributed by atoms with Crippen LogP contribution in [0.25, 0.3) is 0 Å². The van der Waals surface area contributed by atoms with Crippen LogP contribution in [0.3, 0.4) is 0 Å². The summed E-state index contributed by atoms with van der Waals surface area (Å²) in [6, 6.07) is 12.5. The van der Waals surface area contributed by atoms with Gasteiger partial charge >= 0.3 is 0 Å². The molecule has 100 valence electrons. The van der Waals surface area contributed by atoms with Crippen molar-refractivity contribution in [3.63, 3.8) is 0 Å². The van der Waals surface area contributed by atoms with Crippen LogP contribution in [0.1, 0.15) is 18.2 Å². The van der Waals surface area contributed by atoms with Crippen LogP contribution in [0, 0.1) is 6.92 Å². The van der Waals surface area contributed by atoms with Gasteiger partial charge in [0, 0.05) is 11.7 Å². The predicted molar refractivity (Wildman–Crippen MR) is 78.8 cm³/mol. The van der Waals surface area contributed by atoms with E-state index in [2.05, 4.69) is 29.4 Å². The van der Waals surface area contributed by atoms with Crippen LogP contribution < -0.4 is 10.1 Å². The molecule has 0 radical (unpaired) electrons. The van der Waals surface area contributed by atoms with Crippen LogP contribution in [0.15, 0.2) is 42.6 Å². The van der Waals surface area contributed by atoms with Gasteiger partial charge in [0.05, 0.1) is 19.0 Å². The first-order chi connectivity index (χ1) is 9.19. The summed E-state index contributed by atoms with van der Waals surface area (Å²) in [6.07, 6.45) is 2.78. The molecule has 3 heteroatoms. The van der Waals surface area contributed by atoms with E-state index in [1.54, 1.807) is 7.11 Å². The fourth-order valence-corrected chi connectivity index (χ4v) is 2.09. The van der Waals surface area contributed by atoms with Crippen LogP contribution in [0.5, 0.6) is 5.75 Å². The Morgan fingerprint density at radius 2 is 2.00 bits per heavy atom. The van der Waals surface area contributed by atoms with Gasteiger partial charge in [0.25, 0.3) is 0 Å². The average Bonchev–Trinajstić information content (AvgIpc) is 2.42. The smallest absolute Gasteiger partial charge is 0.122 e. The number of nitrogens with zero attached hydrogens (tertiary/aromatic N) is 1. The van der Waals surface area contributed by atoms with Gasteiger partial charge in [-0.3, -0.25) is 4.98 Å². The number of pyridine rings is 1. The van der Waals surface area contributed by atoms with Crippen molar-refractivity contribution in [2.45, 2.75) is 26.3 Å². The van der Waals surface area contributed by atoms with Crippen molar-refractivity contribution < 1.29 is 4.74 Å². The summed E-state index contributed by atoms with van der Waals surface area (Å²) in [4.78, 5) is 4.29. The van der Waals surface area contributed by atoms with E-state index in [0.717, 1.165) is 23.6 Å². The maximum atomic E-state index is 5.37. The van der Waals surface area contributed by atoms with E-state index < -0.39 is 0 Å². The van der Waals surface area contributed by atoms with Crippen molar-refractivity contribution in [2.24, 2.45) is 0 Å². The summed E-state index contributed by atoms with van der Waals surface area (Å²) >= 11 is 0. The minimum absolute atomic E-state index is 0.320. The van der Waals surface area contributed by atoms with Crippen LogP contribution in [-0.4, -0.2) is 18.1 Å². The average molecular weight is 256 g/mol. The van der Waals surface area contributed by atoms with Gasteiger partial charge < -0.3 is 10.1 Å². The fraction of sp³-hybridized carbons (Fsp3) is 0.312. The van der Waals surface area contributed by atoms with Crippen LogP contribution in [0.4, 0.5) is 5.69 Å². The molecule has 1 atom stereocenters. The van der Waals surface area contributed by atoms with Crippen LogP contribution in [-0.2, 0) is 6.42 Å². The van der Waals surface area contributed by atoms with Gasteiger partial charge in [0.2, 0.25) is 0 Å². The standard InChI is InChI=1S/C16H20N2O/c1-12-8-9-15(11-17-12)18-13(2)10-14-6-4-5-7-16(14)19-3/h4-9,11,13,18H,10H2,1-3H3. The van der Waals surface area contributed by atoms with E-state index in [0.29, 0.717) is 6.04 Å². The molecule has 3 nitrogen and oxygen atoms in total. The van der Waals surface area contributed by atoms with Crippen molar-refractivity contribution in [1.82, 2.24) is 4.98 Å². The molecule has 1 N–H and O–H groups in total. The van der Waals surface area contributed by atoms with Crippen molar-refractivity contribution in [3.05, 3.63) is 53.9 Å². The lowest BCUT2D eigenvalue weighted by molar-refractivity contribution is 0.409. The molecule has 2 aromatic rings. The van der Waals surface area contributed by atoms with E-state index in [9.17, 15) is 0 Å². The van der Waals surface area contributed by atoms with E-state index >= 15 is 0 Å². The second kappa shape index (κ2) is 6.23. The van der Waals surface area contributed by atoms with Crippen molar-refractivity contribution >= 4 is 5.69 Å². The number of hydrogen-bond donors (Lipinski definition) is 1. The third-order valence-corrected chi connectivity index (χ3v) is 3.04. The highest BCUT2D eigenvalue weighted by Gasteiger charge is 2.07. The summed E-state index contributed by atoms with van der Waals surface area (Å²) in [6.45, 7) is 4.15. The van der Waals surface area contributed by atoms with Crippen LogP contribution in [0.2, 0.25) is 0 Å². The zero-order valence-electron chi connectivity index (χ0n) is 11.7. The van der Waals surface area contributed by atoms with Gasteiger partial charge in [-0.25, -0.2) is 0 Å². The molecule has 0 aliphatic heterocycles. The Morgan fingerprint density at radius 3 is 2.68 bits per heavy atom. The molecule has 0 spiro atoms. The topological polar surface area (TPSA) is 34.1 Å². The monoisotopic (exact) mass is 256 g/mol. The molecule has 0 fully saturated rings. The molecule has 1 aromatic heterocycles. The van der Waals surface area contributed by atoms with Gasteiger partial charge in [-0.15, -0.1) is 0 Å². The highest BCUT2D eigenvalue weighted by Crippen LogP contribution is 2.20. The van der Waals surface area contributed by atoms with E-state index in [-0.39, 0.29) is 0 Å². The lowest BCUT2D eigenvalue weighted by Gasteiger charge is -2.16. The Balaban J connectivity index is 2.01. The molecule has 0 aliphatic rings. The van der Waals surface area contributed by atoms with Crippen molar-refractivity contribution in [2.75, 3.05) is 12.4 Å². The predicted octanol–water partition coefficient (Wildman–Crippen LogP) is 3.44. The number of nitrogens with one attached hydrogen (secondary N) is 1. The second-order valence-electron chi connectivity index (χ2n) is 4.75. The molecule has 0 bridgehead atoms. The lowest BCUT2D eigenvalue weighted by atomic mass is 10.1. The highest BCUT2D eigenvalue weighted by molar-refractivity contribution is 5.43. The first kappa shape index (κ1) is 13.4. The molecule has 0 aliphatic carbocycles. The maximum absolute atomic E-state index is 5.37. The first-order valence-corrected chi connectivity index (χ1v) is 6.50. The molecule has 0 amide bonds. The number of ether oxygens (including phenoxy) is 1. The van der Waals surface area contributed by atoms with Gasteiger partial charge in [-0.05, 0) is 44.0 Å². The molecule has 2 rings (SSSR count). The number of rotatable bonds is 5. The fourth-order valence-electron chi connectivity index (χ4n) is 2.09.